The van der Waals surface area contributed by atoms with Gasteiger partial charge in [0.25, 0.3) is 0 Å². The lowest BCUT2D eigenvalue weighted by molar-refractivity contribution is 1.28. The van der Waals surface area contributed by atoms with Crippen LogP contribution in [-0.2, 0) is 0 Å². The highest BCUT2D eigenvalue weighted by atomic mass is 32.1. The van der Waals surface area contributed by atoms with Crippen LogP contribution in [-0.4, -0.2) is 0 Å². The Morgan fingerprint density at radius 2 is 0.517 bits per heavy atom. The summed E-state index contributed by atoms with van der Waals surface area (Å²) < 4.78 is 7.98. The van der Waals surface area contributed by atoms with E-state index in [0.29, 0.717) is 0 Å². The van der Waals surface area contributed by atoms with Crippen LogP contribution >= 0.6 is 34.0 Å². The topological polar surface area (TPSA) is 3.24 Å². The van der Waals surface area contributed by atoms with E-state index in [2.05, 4.69) is 205 Å². The van der Waals surface area contributed by atoms with E-state index < -0.39 is 0 Å². The first-order chi connectivity index (χ1) is 28.7. The number of fused-ring (bicyclic) bond motifs is 9. The minimum Gasteiger partial charge on any atom is -0.311 e. The zero-order valence-electron chi connectivity index (χ0n) is 31.2. The van der Waals surface area contributed by atoms with Crippen LogP contribution in [0.4, 0.5) is 17.1 Å². The summed E-state index contributed by atoms with van der Waals surface area (Å²) in [4.78, 5) is 2.39. The van der Waals surface area contributed by atoms with Gasteiger partial charge in [0.2, 0.25) is 0 Å². The van der Waals surface area contributed by atoms with Crippen molar-refractivity contribution in [1.82, 2.24) is 0 Å². The Hall–Kier alpha value is -6.56. The van der Waals surface area contributed by atoms with E-state index in [4.69, 9.17) is 0 Å². The predicted molar refractivity (Wildman–Crippen MR) is 256 cm³/mol. The number of anilines is 3. The molecule has 3 heterocycles. The summed E-state index contributed by atoms with van der Waals surface area (Å²) in [6.45, 7) is 0. The van der Waals surface area contributed by atoms with Crippen molar-refractivity contribution >= 4 is 112 Å². The summed E-state index contributed by atoms with van der Waals surface area (Å²) in [5.74, 6) is 0. The van der Waals surface area contributed by atoms with Crippen LogP contribution < -0.4 is 4.90 Å². The van der Waals surface area contributed by atoms with Gasteiger partial charge in [0.1, 0.15) is 0 Å². The molecule has 272 valence electrons. The van der Waals surface area contributed by atoms with Crippen LogP contribution in [0.3, 0.4) is 0 Å². The number of benzene rings is 9. The molecule has 0 aliphatic rings. The highest BCUT2D eigenvalue weighted by molar-refractivity contribution is 7.27. The van der Waals surface area contributed by atoms with Crippen molar-refractivity contribution in [3.8, 4) is 33.4 Å². The van der Waals surface area contributed by atoms with Gasteiger partial charge in [0.15, 0.2) is 0 Å². The Labute approximate surface area is 347 Å². The first kappa shape index (κ1) is 33.6. The van der Waals surface area contributed by atoms with Crippen molar-refractivity contribution < 1.29 is 0 Å². The molecule has 0 amide bonds. The maximum Gasteiger partial charge on any atom is 0.0462 e. The molecule has 0 spiro atoms. The third kappa shape index (κ3) is 5.41. The van der Waals surface area contributed by atoms with Gasteiger partial charge < -0.3 is 4.90 Å². The summed E-state index contributed by atoms with van der Waals surface area (Å²) in [5.41, 5.74) is 10.8. The molecule has 0 fully saturated rings. The fourth-order valence-corrected chi connectivity index (χ4v) is 12.5. The van der Waals surface area contributed by atoms with E-state index in [0.717, 1.165) is 17.1 Å². The highest BCUT2D eigenvalue weighted by Gasteiger charge is 2.17. The second-order valence-electron chi connectivity index (χ2n) is 14.8. The Morgan fingerprint density at radius 1 is 0.241 bits per heavy atom. The Morgan fingerprint density at radius 3 is 0.828 bits per heavy atom. The molecule has 0 N–H and O–H groups in total. The second kappa shape index (κ2) is 13.5. The fraction of sp³-hybridized carbons (Fsp3) is 0. The molecule has 0 atom stereocenters. The van der Waals surface area contributed by atoms with Gasteiger partial charge in [0.05, 0.1) is 0 Å². The minimum absolute atomic E-state index is 1.12. The standard InChI is InChI=1S/C54H33NS3/c1-4-19-49-43(10-1)46-16-7-13-40(52(46)56-49)34-22-28-37(29-23-34)55(38-30-24-35(25-31-38)41-14-8-17-47-44-11-2-5-20-50(44)57-53(41)47)39-32-26-36(27-33-39)42-15-9-18-48-45-12-3-6-21-51(45)58-54(42)48/h1-33H. The Balaban J connectivity index is 0.959. The van der Waals surface area contributed by atoms with Crippen molar-refractivity contribution in [2.24, 2.45) is 0 Å². The van der Waals surface area contributed by atoms with Crippen LogP contribution in [0.15, 0.2) is 200 Å². The van der Waals surface area contributed by atoms with E-state index in [1.54, 1.807) is 0 Å². The maximum absolute atomic E-state index is 2.39. The average Bonchev–Trinajstić information content (AvgIpc) is 3.99. The fourth-order valence-electron chi connectivity index (χ4n) is 8.74. The SMILES string of the molecule is c1ccc2c(c1)sc1c(-c3ccc(N(c4ccc(-c5cccc6c5sc5ccccc56)cc4)c4ccc(-c5cccc6c5sc5ccccc56)cc4)cc3)cccc12. The van der Waals surface area contributed by atoms with Gasteiger partial charge in [0, 0.05) is 77.6 Å². The van der Waals surface area contributed by atoms with E-state index in [9.17, 15) is 0 Å². The van der Waals surface area contributed by atoms with Gasteiger partial charge in [-0.15, -0.1) is 34.0 Å². The summed E-state index contributed by atoms with van der Waals surface area (Å²) in [6.07, 6.45) is 0. The van der Waals surface area contributed by atoms with Crippen LogP contribution in [0.2, 0.25) is 0 Å². The van der Waals surface area contributed by atoms with Crippen LogP contribution in [0.25, 0.3) is 93.9 Å². The quantitative estimate of drug-likeness (QED) is 0.162. The summed E-state index contributed by atoms with van der Waals surface area (Å²) in [7, 11) is 0. The van der Waals surface area contributed by atoms with Crippen LogP contribution in [0.1, 0.15) is 0 Å². The van der Waals surface area contributed by atoms with Gasteiger partial charge in [-0.1, -0.05) is 146 Å². The molecule has 0 unspecified atom stereocenters. The molecule has 12 rings (SSSR count). The predicted octanol–water partition coefficient (Wildman–Crippen LogP) is 17.3. The van der Waals surface area contributed by atoms with Gasteiger partial charge >= 0.3 is 0 Å². The average molecular weight is 792 g/mol. The molecule has 0 saturated carbocycles. The van der Waals surface area contributed by atoms with Crippen molar-refractivity contribution in [2.75, 3.05) is 4.90 Å². The van der Waals surface area contributed by atoms with Crippen molar-refractivity contribution in [3.63, 3.8) is 0 Å². The molecule has 0 aliphatic carbocycles. The van der Waals surface area contributed by atoms with Crippen molar-refractivity contribution in [1.29, 1.82) is 0 Å². The Kier molecular flexibility index (Phi) is 7.83. The van der Waals surface area contributed by atoms with Gasteiger partial charge in [-0.05, 0) is 88.0 Å². The normalized spacial score (nSPS) is 11.8. The van der Waals surface area contributed by atoms with Gasteiger partial charge in [-0.3, -0.25) is 0 Å². The molecule has 1 nitrogen and oxygen atoms in total. The van der Waals surface area contributed by atoms with Crippen molar-refractivity contribution in [3.05, 3.63) is 200 Å². The minimum atomic E-state index is 1.12. The van der Waals surface area contributed by atoms with Gasteiger partial charge in [-0.2, -0.15) is 0 Å². The molecule has 0 bridgehead atoms. The molecule has 58 heavy (non-hydrogen) atoms. The second-order valence-corrected chi connectivity index (χ2v) is 18.0. The van der Waals surface area contributed by atoms with E-state index in [1.807, 2.05) is 34.0 Å². The lowest BCUT2D eigenvalue weighted by atomic mass is 10.0. The number of hydrogen-bond donors (Lipinski definition) is 0. The molecule has 12 aromatic rings. The van der Waals surface area contributed by atoms with E-state index >= 15 is 0 Å². The number of nitrogens with zero attached hydrogens (tertiary/aromatic N) is 1. The third-order valence-electron chi connectivity index (χ3n) is 11.5. The smallest absolute Gasteiger partial charge is 0.0462 e. The Bertz CT molecular complexity index is 3120. The van der Waals surface area contributed by atoms with E-state index in [1.165, 1.54) is 93.9 Å². The largest absolute Gasteiger partial charge is 0.311 e. The monoisotopic (exact) mass is 791 g/mol. The number of hydrogen-bond acceptors (Lipinski definition) is 4. The lowest BCUT2D eigenvalue weighted by Crippen LogP contribution is -2.09. The molecular formula is C54H33NS3. The zero-order valence-corrected chi connectivity index (χ0v) is 33.7. The lowest BCUT2D eigenvalue weighted by Gasteiger charge is -2.26. The molecule has 9 aromatic carbocycles. The molecule has 0 aliphatic heterocycles. The van der Waals surface area contributed by atoms with Gasteiger partial charge in [-0.25, -0.2) is 0 Å². The molecule has 0 radical (unpaired) electrons. The van der Waals surface area contributed by atoms with E-state index in [-0.39, 0.29) is 0 Å². The molecule has 3 aromatic heterocycles. The number of rotatable bonds is 6. The molecule has 0 saturated heterocycles. The summed E-state index contributed by atoms with van der Waals surface area (Å²) in [5, 5.41) is 7.94. The first-order valence-corrected chi connectivity index (χ1v) is 22.0. The highest BCUT2D eigenvalue weighted by Crippen LogP contribution is 2.45. The third-order valence-corrected chi connectivity index (χ3v) is 15.2. The van der Waals surface area contributed by atoms with Crippen LogP contribution in [0, 0.1) is 0 Å². The summed E-state index contributed by atoms with van der Waals surface area (Å²) in [6, 6.07) is 73.7. The zero-order chi connectivity index (χ0) is 38.2. The number of thiophene rings is 3. The summed E-state index contributed by atoms with van der Waals surface area (Å²) >= 11 is 5.64. The first-order valence-electron chi connectivity index (χ1n) is 19.6. The maximum atomic E-state index is 2.39. The molecule has 4 heteroatoms. The molecular weight excluding hydrogens is 759 g/mol. The van der Waals surface area contributed by atoms with Crippen molar-refractivity contribution in [2.45, 2.75) is 0 Å². The van der Waals surface area contributed by atoms with Crippen LogP contribution in [0.5, 0.6) is 0 Å².